The zero-order valence-corrected chi connectivity index (χ0v) is 16.7. The molecular formula is C21H29N7. The summed E-state index contributed by atoms with van der Waals surface area (Å²) in [5.41, 5.74) is 9.18. The quantitative estimate of drug-likeness (QED) is 0.712. The highest BCUT2D eigenvalue weighted by Crippen LogP contribution is 2.24. The molecule has 0 amide bonds. The predicted octanol–water partition coefficient (Wildman–Crippen LogP) is 2.55. The summed E-state index contributed by atoms with van der Waals surface area (Å²) in [7, 11) is 0. The van der Waals surface area contributed by atoms with E-state index < -0.39 is 5.54 Å². The number of piperidine rings is 1. The Morgan fingerprint density at radius 1 is 1.11 bits per heavy atom. The minimum Gasteiger partial charge on any atom is -0.320 e. The van der Waals surface area contributed by atoms with Gasteiger partial charge in [-0.15, -0.1) is 5.10 Å². The Bertz CT molecular complexity index is 884. The molecule has 148 valence electrons. The predicted molar refractivity (Wildman–Crippen MR) is 109 cm³/mol. The van der Waals surface area contributed by atoms with Crippen LogP contribution >= 0.6 is 0 Å². The van der Waals surface area contributed by atoms with Crippen LogP contribution in [0.1, 0.15) is 49.6 Å². The fraction of sp³-hybridized carbons (Fsp3) is 0.476. The van der Waals surface area contributed by atoms with Crippen LogP contribution in [0.25, 0.3) is 0 Å². The normalized spacial score (nSPS) is 16.5. The van der Waals surface area contributed by atoms with Gasteiger partial charge < -0.3 is 5.73 Å². The summed E-state index contributed by atoms with van der Waals surface area (Å²) < 4.78 is 3.96. The van der Waals surface area contributed by atoms with Crippen molar-refractivity contribution in [1.29, 1.82) is 0 Å². The number of nitrogens with zero attached hydrogens (tertiary/aromatic N) is 6. The molecule has 0 aliphatic carbocycles. The maximum atomic E-state index is 6.13. The molecule has 2 N–H and O–H groups in total. The molecule has 1 aliphatic rings. The highest BCUT2D eigenvalue weighted by molar-refractivity contribution is 5.23. The van der Waals surface area contributed by atoms with E-state index in [9.17, 15) is 0 Å². The molecule has 0 bridgehead atoms. The molecule has 0 saturated carbocycles. The van der Waals surface area contributed by atoms with E-state index in [1.165, 1.54) is 11.1 Å². The number of aromatic nitrogens is 5. The Balaban J connectivity index is 1.33. The maximum absolute atomic E-state index is 6.13. The van der Waals surface area contributed by atoms with Gasteiger partial charge in [0.2, 0.25) is 0 Å². The van der Waals surface area contributed by atoms with Gasteiger partial charge in [0.15, 0.2) is 0 Å². The molecule has 3 heterocycles. The highest BCUT2D eigenvalue weighted by Gasteiger charge is 2.24. The molecule has 2 aromatic heterocycles. The van der Waals surface area contributed by atoms with Crippen molar-refractivity contribution in [3.63, 3.8) is 0 Å². The van der Waals surface area contributed by atoms with Crippen molar-refractivity contribution in [2.24, 2.45) is 5.73 Å². The van der Waals surface area contributed by atoms with Gasteiger partial charge in [-0.25, -0.2) is 4.68 Å². The molecule has 1 fully saturated rings. The van der Waals surface area contributed by atoms with Crippen molar-refractivity contribution in [2.75, 3.05) is 13.1 Å². The largest absolute Gasteiger partial charge is 0.320 e. The zero-order chi connectivity index (χ0) is 19.6. The lowest BCUT2D eigenvalue weighted by molar-refractivity contribution is 0.172. The average molecular weight is 380 g/mol. The first-order chi connectivity index (χ1) is 13.5. The van der Waals surface area contributed by atoms with Crippen LogP contribution in [0.5, 0.6) is 0 Å². The minimum atomic E-state index is -0.444. The number of likely N-dealkylation sites (tertiary alicyclic amines) is 1. The van der Waals surface area contributed by atoms with Crippen molar-refractivity contribution in [3.05, 3.63) is 65.7 Å². The van der Waals surface area contributed by atoms with E-state index in [1.54, 1.807) is 0 Å². The van der Waals surface area contributed by atoms with Gasteiger partial charge in [-0.3, -0.25) is 9.58 Å². The van der Waals surface area contributed by atoms with Crippen LogP contribution in [0.4, 0.5) is 0 Å². The Kier molecular flexibility index (Phi) is 5.28. The van der Waals surface area contributed by atoms with Gasteiger partial charge in [-0.05, 0) is 43.9 Å². The molecule has 7 nitrogen and oxygen atoms in total. The van der Waals surface area contributed by atoms with Gasteiger partial charge in [0.25, 0.3) is 0 Å². The lowest BCUT2D eigenvalue weighted by Gasteiger charge is -2.31. The van der Waals surface area contributed by atoms with Crippen LogP contribution in [-0.2, 0) is 18.6 Å². The molecule has 1 aliphatic heterocycles. The molecule has 1 saturated heterocycles. The molecule has 3 aromatic rings. The van der Waals surface area contributed by atoms with E-state index in [0.29, 0.717) is 6.04 Å². The van der Waals surface area contributed by atoms with E-state index in [4.69, 9.17) is 5.73 Å². The summed E-state index contributed by atoms with van der Waals surface area (Å²) in [6.07, 6.45) is 8.00. The van der Waals surface area contributed by atoms with Crippen LogP contribution in [-0.4, -0.2) is 42.8 Å². The number of nitrogens with two attached hydrogens (primary N) is 1. The number of hydrogen-bond donors (Lipinski definition) is 1. The molecule has 0 unspecified atom stereocenters. The van der Waals surface area contributed by atoms with Crippen LogP contribution in [0.3, 0.4) is 0 Å². The Morgan fingerprint density at radius 3 is 2.50 bits per heavy atom. The van der Waals surface area contributed by atoms with E-state index in [1.807, 2.05) is 47.9 Å². The zero-order valence-electron chi connectivity index (χ0n) is 16.7. The first-order valence-electron chi connectivity index (χ1n) is 9.96. The Labute approximate surface area is 166 Å². The highest BCUT2D eigenvalue weighted by atomic mass is 15.4. The Hall–Kier alpha value is -2.51. The van der Waals surface area contributed by atoms with Crippen molar-refractivity contribution in [3.8, 4) is 0 Å². The smallest absolute Gasteiger partial charge is 0.102 e. The van der Waals surface area contributed by atoms with Crippen LogP contribution in [0.15, 0.2) is 48.9 Å². The standard InChI is InChI=1S/C21H29N7/c1-21(2,22)20-16-28(25-24-20)19-7-11-26(12-8-19)14-17-5-3-6-18(13-17)15-27-10-4-9-23-27/h3-6,9-10,13,16,19H,7-8,11-12,14-15,22H2,1-2H3. The van der Waals surface area contributed by atoms with Crippen molar-refractivity contribution in [1.82, 2.24) is 29.7 Å². The topological polar surface area (TPSA) is 77.8 Å². The number of benzene rings is 1. The summed E-state index contributed by atoms with van der Waals surface area (Å²) in [5.74, 6) is 0. The fourth-order valence-corrected chi connectivity index (χ4v) is 3.76. The maximum Gasteiger partial charge on any atom is 0.102 e. The molecule has 0 atom stereocenters. The van der Waals surface area contributed by atoms with Gasteiger partial charge in [-0.1, -0.05) is 29.5 Å². The van der Waals surface area contributed by atoms with Gasteiger partial charge in [-0.2, -0.15) is 5.10 Å². The molecule has 1 aromatic carbocycles. The van der Waals surface area contributed by atoms with Crippen LogP contribution in [0, 0.1) is 0 Å². The summed E-state index contributed by atoms with van der Waals surface area (Å²) in [4.78, 5) is 2.52. The van der Waals surface area contributed by atoms with Crippen LogP contribution in [0.2, 0.25) is 0 Å². The monoisotopic (exact) mass is 379 g/mol. The van der Waals surface area contributed by atoms with E-state index in [-0.39, 0.29) is 0 Å². The summed E-state index contributed by atoms with van der Waals surface area (Å²) in [5, 5.41) is 12.9. The lowest BCUT2D eigenvalue weighted by Crippen LogP contribution is -2.34. The summed E-state index contributed by atoms with van der Waals surface area (Å²) in [6, 6.07) is 11.2. The lowest BCUT2D eigenvalue weighted by atomic mass is 10.0. The molecule has 4 rings (SSSR count). The third-order valence-corrected chi connectivity index (χ3v) is 5.40. The second kappa shape index (κ2) is 7.85. The van der Waals surface area contributed by atoms with Crippen LogP contribution < -0.4 is 5.73 Å². The second-order valence-electron chi connectivity index (χ2n) is 8.34. The van der Waals surface area contributed by atoms with Crippen molar-refractivity contribution in [2.45, 2.75) is 51.4 Å². The molecule has 0 radical (unpaired) electrons. The first-order valence-corrected chi connectivity index (χ1v) is 9.96. The second-order valence-corrected chi connectivity index (χ2v) is 8.34. The SMILES string of the molecule is CC(C)(N)c1cn(C2CCN(Cc3cccc(Cn4cccn4)c3)CC2)nn1. The first kappa shape index (κ1) is 18.8. The summed E-state index contributed by atoms with van der Waals surface area (Å²) in [6.45, 7) is 7.85. The van der Waals surface area contributed by atoms with Crippen molar-refractivity contribution >= 4 is 0 Å². The van der Waals surface area contributed by atoms with Gasteiger partial charge in [0.05, 0.1) is 24.3 Å². The van der Waals surface area contributed by atoms with Gasteiger partial charge >= 0.3 is 0 Å². The van der Waals surface area contributed by atoms with Crippen molar-refractivity contribution < 1.29 is 0 Å². The Morgan fingerprint density at radius 2 is 1.86 bits per heavy atom. The third-order valence-electron chi connectivity index (χ3n) is 5.40. The molecular weight excluding hydrogens is 350 g/mol. The molecule has 7 heteroatoms. The fourth-order valence-electron chi connectivity index (χ4n) is 3.76. The van der Waals surface area contributed by atoms with Gasteiger partial charge in [0, 0.05) is 32.0 Å². The number of rotatable bonds is 6. The average Bonchev–Trinajstić information content (AvgIpc) is 3.34. The summed E-state index contributed by atoms with van der Waals surface area (Å²) >= 11 is 0. The van der Waals surface area contributed by atoms with E-state index >= 15 is 0 Å². The third kappa shape index (κ3) is 4.48. The van der Waals surface area contributed by atoms with E-state index in [0.717, 1.165) is 44.7 Å². The minimum absolute atomic E-state index is 0.408. The molecule has 28 heavy (non-hydrogen) atoms. The molecule has 0 spiro atoms. The van der Waals surface area contributed by atoms with E-state index in [2.05, 4.69) is 44.6 Å². The van der Waals surface area contributed by atoms with Gasteiger partial charge in [0.1, 0.15) is 5.69 Å². The number of hydrogen-bond acceptors (Lipinski definition) is 5.